The second kappa shape index (κ2) is 5.31. The molecule has 1 aromatic rings. The zero-order valence-electron chi connectivity index (χ0n) is 10.5. The van der Waals surface area contributed by atoms with Gasteiger partial charge in [0.05, 0.1) is 0 Å². The number of anilines is 2. The van der Waals surface area contributed by atoms with Crippen molar-refractivity contribution in [3.05, 3.63) is 12.3 Å². The van der Waals surface area contributed by atoms with Crippen LogP contribution in [0.4, 0.5) is 11.8 Å². The zero-order chi connectivity index (χ0) is 12.3. The average molecular weight is 235 g/mol. The molecule has 0 saturated heterocycles. The minimum Gasteiger partial charge on any atom is -0.367 e. The summed E-state index contributed by atoms with van der Waals surface area (Å²) in [5.41, 5.74) is 2.46. The van der Waals surface area contributed by atoms with Crippen molar-refractivity contribution in [1.82, 2.24) is 9.97 Å². The number of nitrogen functional groups attached to an aromatic ring is 1. The van der Waals surface area contributed by atoms with Crippen LogP contribution in [0.1, 0.15) is 33.1 Å². The highest BCUT2D eigenvalue weighted by molar-refractivity contribution is 5.40. The van der Waals surface area contributed by atoms with Crippen molar-refractivity contribution in [2.24, 2.45) is 17.7 Å². The molecule has 5 nitrogen and oxygen atoms in total. The third-order valence-corrected chi connectivity index (χ3v) is 3.82. The Kier molecular flexibility index (Phi) is 3.78. The van der Waals surface area contributed by atoms with Gasteiger partial charge in [-0.2, -0.15) is 4.98 Å². The van der Waals surface area contributed by atoms with Crippen LogP contribution < -0.4 is 16.6 Å². The van der Waals surface area contributed by atoms with Crippen LogP contribution in [-0.4, -0.2) is 16.0 Å². The van der Waals surface area contributed by atoms with E-state index in [1.807, 2.05) is 6.07 Å². The van der Waals surface area contributed by atoms with Crippen molar-refractivity contribution >= 4 is 11.8 Å². The quantitative estimate of drug-likeness (QED) is 0.552. The predicted octanol–water partition coefficient (Wildman–Crippen LogP) is 2.00. The normalized spacial score (nSPS) is 28.8. The molecule has 0 aromatic carbocycles. The molecule has 1 aliphatic carbocycles. The first-order chi connectivity index (χ1) is 8.20. The Morgan fingerprint density at radius 1 is 1.35 bits per heavy atom. The van der Waals surface area contributed by atoms with Gasteiger partial charge >= 0.3 is 0 Å². The fourth-order valence-corrected chi connectivity index (χ4v) is 2.48. The van der Waals surface area contributed by atoms with Crippen LogP contribution in [-0.2, 0) is 0 Å². The predicted molar refractivity (Wildman–Crippen MR) is 69.4 cm³/mol. The molecule has 0 spiro atoms. The summed E-state index contributed by atoms with van der Waals surface area (Å²) in [7, 11) is 0. The van der Waals surface area contributed by atoms with Crippen LogP contribution in [0.15, 0.2) is 12.3 Å². The minimum absolute atomic E-state index is 0.450. The Bertz CT molecular complexity index is 368. The molecule has 1 fully saturated rings. The fourth-order valence-electron chi connectivity index (χ4n) is 2.48. The summed E-state index contributed by atoms with van der Waals surface area (Å²) in [6, 6.07) is 2.38. The number of rotatable bonds is 3. The van der Waals surface area contributed by atoms with E-state index in [1.54, 1.807) is 6.20 Å². The summed E-state index contributed by atoms with van der Waals surface area (Å²) in [4.78, 5) is 8.28. The van der Waals surface area contributed by atoms with Gasteiger partial charge in [-0.3, -0.25) is 5.43 Å². The highest BCUT2D eigenvalue weighted by Crippen LogP contribution is 2.31. The molecule has 1 aromatic heterocycles. The van der Waals surface area contributed by atoms with Crippen molar-refractivity contribution < 1.29 is 0 Å². The number of nitrogens with zero attached hydrogens (tertiary/aromatic N) is 2. The first-order valence-corrected chi connectivity index (χ1v) is 6.27. The van der Waals surface area contributed by atoms with E-state index >= 15 is 0 Å². The van der Waals surface area contributed by atoms with Gasteiger partial charge in [-0.15, -0.1) is 0 Å². The van der Waals surface area contributed by atoms with E-state index < -0.39 is 0 Å². The minimum atomic E-state index is 0.450. The second-order valence-electron chi connectivity index (χ2n) is 4.93. The third-order valence-electron chi connectivity index (χ3n) is 3.82. The summed E-state index contributed by atoms with van der Waals surface area (Å²) in [5.74, 6) is 8.04. The van der Waals surface area contributed by atoms with Gasteiger partial charge in [0.15, 0.2) is 0 Å². The zero-order valence-corrected chi connectivity index (χ0v) is 10.5. The molecule has 1 aliphatic rings. The van der Waals surface area contributed by atoms with Crippen molar-refractivity contribution in [3.8, 4) is 0 Å². The monoisotopic (exact) mass is 235 g/mol. The number of hydrazine groups is 1. The summed E-state index contributed by atoms with van der Waals surface area (Å²) in [6.07, 6.45) is 5.54. The van der Waals surface area contributed by atoms with E-state index in [-0.39, 0.29) is 0 Å². The van der Waals surface area contributed by atoms with Gasteiger partial charge in [-0.1, -0.05) is 26.7 Å². The van der Waals surface area contributed by atoms with Crippen LogP contribution >= 0.6 is 0 Å². The SMILES string of the molecule is CC1CCCC(Nc2ccnc(NN)n2)C1C. The standard InChI is InChI=1S/C12H21N5/c1-8-4-3-5-10(9(8)2)15-11-6-7-14-12(16-11)17-13/h6-10H,3-5,13H2,1-2H3,(H2,14,15,16,17). The lowest BCUT2D eigenvalue weighted by Crippen LogP contribution is -2.35. The number of nitrogens with one attached hydrogen (secondary N) is 2. The smallest absolute Gasteiger partial charge is 0.239 e. The number of hydrogen-bond donors (Lipinski definition) is 3. The lowest BCUT2D eigenvalue weighted by molar-refractivity contribution is 0.253. The van der Waals surface area contributed by atoms with E-state index in [0.29, 0.717) is 17.9 Å². The molecule has 5 heteroatoms. The van der Waals surface area contributed by atoms with Crippen LogP contribution in [0.3, 0.4) is 0 Å². The Morgan fingerprint density at radius 3 is 2.94 bits per heavy atom. The Morgan fingerprint density at radius 2 is 2.18 bits per heavy atom. The largest absolute Gasteiger partial charge is 0.367 e. The molecular formula is C12H21N5. The van der Waals surface area contributed by atoms with Gasteiger partial charge in [0.2, 0.25) is 5.95 Å². The van der Waals surface area contributed by atoms with Gasteiger partial charge in [0.1, 0.15) is 5.82 Å². The number of aromatic nitrogens is 2. The van der Waals surface area contributed by atoms with Gasteiger partial charge in [0.25, 0.3) is 0 Å². The van der Waals surface area contributed by atoms with E-state index in [9.17, 15) is 0 Å². The fraction of sp³-hybridized carbons (Fsp3) is 0.667. The Hall–Kier alpha value is -1.36. The van der Waals surface area contributed by atoms with Crippen molar-refractivity contribution in [3.63, 3.8) is 0 Å². The first-order valence-electron chi connectivity index (χ1n) is 6.27. The van der Waals surface area contributed by atoms with E-state index in [4.69, 9.17) is 5.84 Å². The second-order valence-corrected chi connectivity index (χ2v) is 4.93. The Balaban J connectivity index is 2.04. The van der Waals surface area contributed by atoms with Crippen molar-refractivity contribution in [2.75, 3.05) is 10.7 Å². The topological polar surface area (TPSA) is 75.9 Å². The summed E-state index contributed by atoms with van der Waals surface area (Å²) < 4.78 is 0. The van der Waals surface area contributed by atoms with E-state index in [2.05, 4.69) is 34.6 Å². The molecule has 2 rings (SSSR count). The van der Waals surface area contributed by atoms with E-state index in [0.717, 1.165) is 11.7 Å². The maximum atomic E-state index is 5.30. The van der Waals surface area contributed by atoms with Crippen LogP contribution in [0.2, 0.25) is 0 Å². The molecule has 4 N–H and O–H groups in total. The first kappa shape index (κ1) is 12.1. The molecule has 0 aliphatic heterocycles. The third kappa shape index (κ3) is 2.85. The van der Waals surface area contributed by atoms with Gasteiger partial charge in [-0.25, -0.2) is 10.8 Å². The molecule has 3 unspecified atom stereocenters. The number of hydrogen-bond acceptors (Lipinski definition) is 5. The van der Waals surface area contributed by atoms with Crippen molar-refractivity contribution in [1.29, 1.82) is 0 Å². The molecule has 0 radical (unpaired) electrons. The highest BCUT2D eigenvalue weighted by atomic mass is 15.3. The maximum absolute atomic E-state index is 5.30. The lowest BCUT2D eigenvalue weighted by Gasteiger charge is -2.34. The van der Waals surface area contributed by atoms with Gasteiger partial charge in [-0.05, 0) is 24.3 Å². The highest BCUT2D eigenvalue weighted by Gasteiger charge is 2.27. The van der Waals surface area contributed by atoms with Gasteiger partial charge < -0.3 is 5.32 Å². The van der Waals surface area contributed by atoms with E-state index in [1.165, 1.54) is 19.3 Å². The van der Waals surface area contributed by atoms with Crippen LogP contribution in [0, 0.1) is 11.8 Å². The molecule has 0 amide bonds. The van der Waals surface area contributed by atoms with Gasteiger partial charge in [0, 0.05) is 12.2 Å². The molecule has 3 atom stereocenters. The molecular weight excluding hydrogens is 214 g/mol. The Labute approximate surface area is 102 Å². The molecule has 0 bridgehead atoms. The average Bonchev–Trinajstić information content (AvgIpc) is 2.35. The molecule has 94 valence electrons. The summed E-state index contributed by atoms with van der Waals surface area (Å²) in [6.45, 7) is 4.64. The summed E-state index contributed by atoms with van der Waals surface area (Å²) >= 11 is 0. The van der Waals surface area contributed by atoms with Crippen molar-refractivity contribution in [2.45, 2.75) is 39.2 Å². The number of nitrogens with two attached hydrogens (primary N) is 1. The lowest BCUT2D eigenvalue weighted by atomic mass is 9.78. The summed E-state index contributed by atoms with van der Waals surface area (Å²) in [5, 5.41) is 3.49. The molecule has 1 heterocycles. The maximum Gasteiger partial charge on any atom is 0.239 e. The van der Waals surface area contributed by atoms with Crippen LogP contribution in [0.5, 0.6) is 0 Å². The molecule has 17 heavy (non-hydrogen) atoms. The van der Waals surface area contributed by atoms with Crippen LogP contribution in [0.25, 0.3) is 0 Å². The molecule has 1 saturated carbocycles.